The molecule has 0 saturated carbocycles. The summed E-state index contributed by atoms with van der Waals surface area (Å²) in [7, 11) is 0. The summed E-state index contributed by atoms with van der Waals surface area (Å²) in [5, 5.41) is 23.2. The van der Waals surface area contributed by atoms with Crippen LogP contribution in [0.1, 0.15) is 367 Å². The van der Waals surface area contributed by atoms with Gasteiger partial charge in [0.05, 0.1) is 25.4 Å². The maximum atomic E-state index is 12.5. The summed E-state index contributed by atoms with van der Waals surface area (Å²) in [5.74, 6) is -0.0543. The first-order valence-electron chi connectivity index (χ1n) is 32.5. The van der Waals surface area contributed by atoms with Crippen molar-refractivity contribution in [3.05, 3.63) is 12.2 Å². The highest BCUT2D eigenvalue weighted by molar-refractivity contribution is 5.76. The molecule has 422 valence electrons. The normalized spacial score (nSPS) is 12.6. The molecule has 6 nitrogen and oxygen atoms in total. The lowest BCUT2D eigenvalue weighted by Gasteiger charge is -2.20. The van der Waals surface area contributed by atoms with Gasteiger partial charge in [0.1, 0.15) is 0 Å². The SMILES string of the molecule is CCCCCCCCCCCCCCCCCCC/C=C/C(O)C(CO)NC(=O)CCCCCCCCCCCCCCCCCCCCCOC(=O)CCCCCCCCCCCCCCCCCC. The van der Waals surface area contributed by atoms with Crippen molar-refractivity contribution in [2.24, 2.45) is 0 Å². The molecule has 0 fully saturated rings. The van der Waals surface area contributed by atoms with Crippen LogP contribution in [0, 0.1) is 0 Å². The van der Waals surface area contributed by atoms with Crippen LogP contribution in [0.25, 0.3) is 0 Å². The third kappa shape index (κ3) is 57.7. The molecule has 0 aliphatic heterocycles. The average molecular weight is 1000 g/mol. The fourth-order valence-electron chi connectivity index (χ4n) is 10.3. The molecule has 0 spiro atoms. The molecule has 6 heteroatoms. The van der Waals surface area contributed by atoms with Crippen LogP contribution in [-0.4, -0.2) is 47.4 Å². The Bertz CT molecular complexity index is 1060. The summed E-state index contributed by atoms with van der Waals surface area (Å²) >= 11 is 0. The second-order valence-corrected chi connectivity index (χ2v) is 22.5. The Hall–Kier alpha value is -1.40. The third-order valence-corrected chi connectivity index (χ3v) is 15.3. The van der Waals surface area contributed by atoms with E-state index in [0.29, 0.717) is 19.4 Å². The molecular formula is C65H127NO5. The maximum absolute atomic E-state index is 12.5. The Labute approximate surface area is 444 Å². The van der Waals surface area contributed by atoms with Gasteiger partial charge in [0.15, 0.2) is 0 Å². The molecule has 0 rings (SSSR count). The number of aliphatic hydroxyl groups is 2. The molecule has 0 aliphatic rings. The van der Waals surface area contributed by atoms with Gasteiger partial charge in [0, 0.05) is 12.8 Å². The molecule has 2 atom stereocenters. The van der Waals surface area contributed by atoms with Gasteiger partial charge in [0.25, 0.3) is 0 Å². The molecule has 71 heavy (non-hydrogen) atoms. The van der Waals surface area contributed by atoms with Gasteiger partial charge in [0.2, 0.25) is 5.91 Å². The molecule has 0 aromatic carbocycles. The predicted molar refractivity (Wildman–Crippen MR) is 310 cm³/mol. The summed E-state index contributed by atoms with van der Waals surface area (Å²) in [5.41, 5.74) is 0. The van der Waals surface area contributed by atoms with Crippen molar-refractivity contribution < 1.29 is 24.5 Å². The van der Waals surface area contributed by atoms with E-state index in [1.54, 1.807) is 6.08 Å². The van der Waals surface area contributed by atoms with Gasteiger partial charge in [-0.05, 0) is 32.1 Å². The summed E-state index contributed by atoms with van der Waals surface area (Å²) < 4.78 is 5.50. The zero-order valence-corrected chi connectivity index (χ0v) is 48.2. The van der Waals surface area contributed by atoms with Crippen LogP contribution in [0.3, 0.4) is 0 Å². The Morgan fingerprint density at radius 2 is 0.648 bits per heavy atom. The van der Waals surface area contributed by atoms with E-state index in [0.717, 1.165) is 38.5 Å². The number of carbonyl (C=O) groups excluding carboxylic acids is 2. The molecule has 0 bridgehead atoms. The molecule has 2 unspecified atom stereocenters. The quantitative estimate of drug-likeness (QED) is 0.0320. The van der Waals surface area contributed by atoms with Gasteiger partial charge in [-0.25, -0.2) is 0 Å². The molecule has 0 aromatic heterocycles. The van der Waals surface area contributed by atoms with Gasteiger partial charge in [-0.1, -0.05) is 334 Å². The lowest BCUT2D eigenvalue weighted by Crippen LogP contribution is -2.45. The lowest BCUT2D eigenvalue weighted by molar-refractivity contribution is -0.143. The van der Waals surface area contributed by atoms with Gasteiger partial charge in [-0.3, -0.25) is 9.59 Å². The smallest absolute Gasteiger partial charge is 0.305 e. The van der Waals surface area contributed by atoms with Crippen LogP contribution < -0.4 is 5.32 Å². The Balaban J connectivity index is 3.41. The minimum atomic E-state index is -0.846. The van der Waals surface area contributed by atoms with Gasteiger partial charge >= 0.3 is 5.97 Å². The largest absolute Gasteiger partial charge is 0.466 e. The number of allylic oxidation sites excluding steroid dienone is 1. The molecule has 0 radical (unpaired) electrons. The number of hydrogen-bond donors (Lipinski definition) is 3. The van der Waals surface area contributed by atoms with Crippen molar-refractivity contribution >= 4 is 11.9 Å². The van der Waals surface area contributed by atoms with Crippen molar-refractivity contribution in [3.8, 4) is 0 Å². The fraction of sp³-hybridized carbons (Fsp3) is 0.938. The number of rotatable bonds is 61. The fourth-order valence-corrected chi connectivity index (χ4v) is 10.3. The monoisotopic (exact) mass is 1000 g/mol. The first-order valence-corrected chi connectivity index (χ1v) is 32.5. The second kappa shape index (κ2) is 61.1. The van der Waals surface area contributed by atoms with Crippen LogP contribution in [-0.2, 0) is 14.3 Å². The molecule has 0 aliphatic carbocycles. The topological polar surface area (TPSA) is 95.9 Å². The lowest BCUT2D eigenvalue weighted by atomic mass is 10.0. The van der Waals surface area contributed by atoms with E-state index in [-0.39, 0.29) is 18.5 Å². The van der Waals surface area contributed by atoms with Gasteiger partial charge in [-0.2, -0.15) is 0 Å². The van der Waals surface area contributed by atoms with E-state index in [1.807, 2.05) is 6.08 Å². The number of unbranched alkanes of at least 4 members (excludes halogenated alkanes) is 50. The van der Waals surface area contributed by atoms with Crippen LogP contribution in [0.2, 0.25) is 0 Å². The first-order chi connectivity index (χ1) is 35.0. The summed E-state index contributed by atoms with van der Waals surface area (Å²) in [4.78, 5) is 24.6. The van der Waals surface area contributed by atoms with Crippen molar-refractivity contribution in [3.63, 3.8) is 0 Å². The van der Waals surface area contributed by atoms with Gasteiger partial charge in [-0.15, -0.1) is 0 Å². The van der Waals surface area contributed by atoms with E-state index < -0.39 is 12.1 Å². The number of ether oxygens (including phenoxy) is 1. The molecule has 0 heterocycles. The van der Waals surface area contributed by atoms with E-state index in [1.165, 1.54) is 302 Å². The van der Waals surface area contributed by atoms with Crippen molar-refractivity contribution in [2.45, 2.75) is 379 Å². The highest BCUT2D eigenvalue weighted by Crippen LogP contribution is 2.18. The summed E-state index contributed by atoms with van der Waals surface area (Å²) in [6, 6.07) is -0.630. The maximum Gasteiger partial charge on any atom is 0.305 e. The predicted octanol–water partition coefficient (Wildman–Crippen LogP) is 20.4. The van der Waals surface area contributed by atoms with Crippen LogP contribution >= 0.6 is 0 Å². The number of amides is 1. The third-order valence-electron chi connectivity index (χ3n) is 15.3. The molecule has 3 N–H and O–H groups in total. The van der Waals surface area contributed by atoms with E-state index in [2.05, 4.69) is 19.2 Å². The van der Waals surface area contributed by atoms with Crippen LogP contribution in [0.4, 0.5) is 0 Å². The molecule has 1 amide bonds. The number of hydrogen-bond acceptors (Lipinski definition) is 5. The average Bonchev–Trinajstić information content (AvgIpc) is 3.37. The van der Waals surface area contributed by atoms with Crippen molar-refractivity contribution in [1.29, 1.82) is 0 Å². The zero-order valence-electron chi connectivity index (χ0n) is 48.2. The second-order valence-electron chi connectivity index (χ2n) is 22.5. The highest BCUT2D eigenvalue weighted by Gasteiger charge is 2.18. The van der Waals surface area contributed by atoms with Crippen molar-refractivity contribution in [2.75, 3.05) is 13.2 Å². The first kappa shape index (κ1) is 69.6. The Kier molecular flexibility index (Phi) is 59.9. The number of nitrogens with one attached hydrogen (secondary N) is 1. The van der Waals surface area contributed by atoms with Crippen LogP contribution in [0.15, 0.2) is 12.2 Å². The molecule has 0 saturated heterocycles. The minimum Gasteiger partial charge on any atom is -0.466 e. The van der Waals surface area contributed by atoms with E-state index in [4.69, 9.17) is 4.74 Å². The van der Waals surface area contributed by atoms with Gasteiger partial charge < -0.3 is 20.3 Å². The van der Waals surface area contributed by atoms with Crippen LogP contribution in [0.5, 0.6) is 0 Å². The number of esters is 1. The zero-order chi connectivity index (χ0) is 51.4. The highest BCUT2D eigenvalue weighted by atomic mass is 16.5. The number of carbonyl (C=O) groups is 2. The van der Waals surface area contributed by atoms with E-state index in [9.17, 15) is 19.8 Å². The summed E-state index contributed by atoms with van der Waals surface area (Å²) in [6.45, 7) is 4.94. The number of aliphatic hydroxyl groups excluding tert-OH is 2. The molecule has 0 aromatic rings. The van der Waals surface area contributed by atoms with E-state index >= 15 is 0 Å². The standard InChI is InChI=1S/C65H127NO5/c1-3-5-7-9-11-13-15-17-19-21-23-26-29-33-37-41-45-49-53-57-63(68)62(61-67)66-64(69)58-54-50-46-42-38-34-30-27-24-22-25-28-32-36-40-44-48-52-56-60-71-65(70)59-55-51-47-43-39-35-31-20-18-16-14-12-10-8-6-4-2/h53,57,62-63,67-68H,3-52,54-56,58-61H2,1-2H3,(H,66,69)/b57-53+. The Morgan fingerprint density at radius 3 is 0.958 bits per heavy atom. The Morgan fingerprint density at radius 1 is 0.380 bits per heavy atom. The summed E-state index contributed by atoms with van der Waals surface area (Å²) in [6.07, 6.45) is 74.0. The van der Waals surface area contributed by atoms with Crippen molar-refractivity contribution in [1.82, 2.24) is 5.32 Å². The minimum absolute atomic E-state index is 0.0127. The molecular weight excluding hydrogens is 875 g/mol.